The summed E-state index contributed by atoms with van der Waals surface area (Å²) in [4.78, 5) is 95.0. The first-order valence-corrected chi connectivity index (χ1v) is 18.9. The molecule has 3 saturated carbocycles. The van der Waals surface area contributed by atoms with Crippen molar-refractivity contribution in [1.82, 2.24) is 0 Å². The van der Waals surface area contributed by atoms with Crippen LogP contribution in [-0.4, -0.2) is 90.2 Å². The van der Waals surface area contributed by atoms with Crippen LogP contribution in [0.4, 0.5) is 4.79 Å². The van der Waals surface area contributed by atoms with Gasteiger partial charge in [0, 0.05) is 24.7 Å². The number of esters is 2. The lowest BCUT2D eigenvalue weighted by atomic mass is 9.46. The predicted molar refractivity (Wildman–Crippen MR) is 192 cm³/mol. The van der Waals surface area contributed by atoms with Gasteiger partial charge in [0.1, 0.15) is 5.78 Å². The molecule has 2 unspecified atom stereocenters. The molecule has 7 atom stereocenters. The highest BCUT2D eigenvalue weighted by molar-refractivity contribution is 5.93. The van der Waals surface area contributed by atoms with E-state index < -0.39 is 63.2 Å². The van der Waals surface area contributed by atoms with E-state index in [1.807, 2.05) is 0 Å². The molecule has 1 aromatic carbocycles. The quantitative estimate of drug-likeness (QED) is 0.0401. The molecular weight excluding hydrogens is 756 g/mol. The number of aliphatic hydroxyl groups excluding tert-OH is 1. The number of unbranched alkanes of at least 4 members (excludes halogenated alkanes) is 1. The van der Waals surface area contributed by atoms with Crippen molar-refractivity contribution in [3.05, 3.63) is 55.6 Å². The number of fused-ring (bicyclic) bond motifs is 5. The molecule has 57 heavy (non-hydrogen) atoms. The summed E-state index contributed by atoms with van der Waals surface area (Å²) >= 11 is 0. The van der Waals surface area contributed by atoms with E-state index >= 15 is 0 Å². The zero-order valence-electron chi connectivity index (χ0n) is 32.1. The van der Waals surface area contributed by atoms with Crippen LogP contribution in [0.25, 0.3) is 0 Å². The van der Waals surface area contributed by atoms with Crippen molar-refractivity contribution >= 4 is 29.7 Å². The summed E-state index contributed by atoms with van der Waals surface area (Å²) in [6, 6.07) is 3.81. The Balaban J connectivity index is 1.29. The van der Waals surface area contributed by atoms with Gasteiger partial charge >= 0.3 is 18.1 Å². The van der Waals surface area contributed by atoms with Crippen LogP contribution < -0.4 is 9.47 Å². The monoisotopic (exact) mass is 804 g/mol. The van der Waals surface area contributed by atoms with Gasteiger partial charge in [0.15, 0.2) is 23.7 Å². The lowest BCUT2D eigenvalue weighted by Gasteiger charge is -2.60. The molecule has 1 aromatic rings. The third kappa shape index (κ3) is 9.13. The highest BCUT2D eigenvalue weighted by Crippen LogP contribution is 2.68. The molecule has 4 aliphatic rings. The number of hydrogen-bond acceptors (Lipinski definition) is 17. The zero-order valence-corrected chi connectivity index (χ0v) is 32.1. The van der Waals surface area contributed by atoms with Crippen LogP contribution in [0.3, 0.4) is 0 Å². The fourth-order valence-corrected chi connectivity index (χ4v) is 9.71. The van der Waals surface area contributed by atoms with Gasteiger partial charge in [-0.2, -0.15) is 0 Å². The molecular formula is C38H48N2O17. The van der Waals surface area contributed by atoms with Crippen molar-refractivity contribution < 1.29 is 72.6 Å². The van der Waals surface area contributed by atoms with Crippen LogP contribution in [0, 0.1) is 48.8 Å². The average Bonchev–Trinajstić information content (AvgIpc) is 3.45. The van der Waals surface area contributed by atoms with Crippen LogP contribution in [0.1, 0.15) is 94.8 Å². The largest absolute Gasteiger partial charge is 0.514 e. The molecule has 0 aliphatic heterocycles. The van der Waals surface area contributed by atoms with Gasteiger partial charge in [0.05, 0.1) is 38.6 Å². The van der Waals surface area contributed by atoms with Gasteiger partial charge < -0.3 is 38.5 Å². The normalized spacial score (nSPS) is 28.6. The Morgan fingerprint density at radius 3 is 2.35 bits per heavy atom. The Kier molecular flexibility index (Phi) is 13.4. The Hall–Kier alpha value is -5.33. The van der Waals surface area contributed by atoms with Gasteiger partial charge in [-0.3, -0.25) is 14.4 Å². The molecule has 19 nitrogen and oxygen atoms in total. The van der Waals surface area contributed by atoms with E-state index in [1.165, 1.54) is 25.3 Å². The summed E-state index contributed by atoms with van der Waals surface area (Å²) in [5.74, 6) is -2.81. The van der Waals surface area contributed by atoms with Gasteiger partial charge in [-0.05, 0) is 92.7 Å². The number of carbonyl (C=O) groups is 5. The first-order valence-electron chi connectivity index (χ1n) is 18.9. The minimum absolute atomic E-state index is 0.0346. The van der Waals surface area contributed by atoms with Crippen molar-refractivity contribution in [3.63, 3.8) is 0 Å². The minimum atomic E-state index is -1.84. The highest BCUT2D eigenvalue weighted by atomic mass is 17.0. The Morgan fingerprint density at radius 2 is 1.65 bits per heavy atom. The fourth-order valence-electron chi connectivity index (χ4n) is 9.71. The molecule has 1 N–H and O–H groups in total. The van der Waals surface area contributed by atoms with E-state index in [2.05, 4.69) is 22.7 Å². The van der Waals surface area contributed by atoms with Gasteiger partial charge in [-0.1, -0.05) is 25.5 Å². The molecule has 5 rings (SSSR count). The lowest BCUT2D eigenvalue weighted by Crippen LogP contribution is -2.63. The number of methoxy groups -OCH3 is 1. The number of hydrogen-bond donors (Lipinski definition) is 1. The number of ketones is 2. The van der Waals surface area contributed by atoms with E-state index in [0.717, 1.165) is 5.57 Å². The molecule has 0 aromatic heterocycles. The van der Waals surface area contributed by atoms with Crippen LogP contribution in [0.15, 0.2) is 29.8 Å². The van der Waals surface area contributed by atoms with E-state index in [4.69, 9.17) is 23.7 Å². The predicted octanol–water partition coefficient (Wildman–Crippen LogP) is 4.70. The smallest absolute Gasteiger partial charge is 0.493 e. The number of nitrogens with zero attached hydrogens (tertiary/aromatic N) is 2. The first kappa shape index (κ1) is 42.8. The second-order valence-corrected chi connectivity index (χ2v) is 15.4. The lowest BCUT2D eigenvalue weighted by molar-refractivity contribution is -0.757. The van der Waals surface area contributed by atoms with E-state index in [9.17, 15) is 49.3 Å². The molecule has 0 heterocycles. The molecule has 4 aliphatic carbocycles. The summed E-state index contributed by atoms with van der Waals surface area (Å²) in [5, 5.41) is 30.9. The molecule has 0 spiro atoms. The van der Waals surface area contributed by atoms with Crippen molar-refractivity contribution in [3.8, 4) is 11.5 Å². The van der Waals surface area contributed by atoms with E-state index in [-0.39, 0.29) is 92.5 Å². The van der Waals surface area contributed by atoms with Gasteiger partial charge in [-0.15, -0.1) is 20.2 Å². The van der Waals surface area contributed by atoms with Gasteiger partial charge in [-0.25, -0.2) is 9.59 Å². The van der Waals surface area contributed by atoms with Crippen molar-refractivity contribution in [2.45, 2.75) is 96.2 Å². The summed E-state index contributed by atoms with van der Waals surface area (Å²) in [6.45, 7) is 2.47. The average molecular weight is 805 g/mol. The fraction of sp³-hybridized carbons (Fsp3) is 0.658. The van der Waals surface area contributed by atoms with Gasteiger partial charge in [0.25, 0.3) is 10.2 Å². The number of benzene rings is 1. The molecule has 0 saturated heterocycles. The minimum Gasteiger partial charge on any atom is -0.493 e. The maximum atomic E-state index is 14.4. The topological polar surface area (TPSA) is 256 Å². The number of allylic oxidation sites excluding steroid dienone is 2. The van der Waals surface area contributed by atoms with Crippen LogP contribution in [0.5, 0.6) is 11.5 Å². The molecule has 0 radical (unpaired) electrons. The third-order valence-corrected chi connectivity index (χ3v) is 12.3. The number of rotatable bonds is 18. The van der Waals surface area contributed by atoms with Crippen LogP contribution in [-0.2, 0) is 38.3 Å². The molecule has 312 valence electrons. The Morgan fingerprint density at radius 1 is 0.947 bits per heavy atom. The Labute approximate surface area is 327 Å². The maximum absolute atomic E-state index is 14.4. The third-order valence-electron chi connectivity index (χ3n) is 12.3. The summed E-state index contributed by atoms with van der Waals surface area (Å²) in [7, 11) is 1.26. The van der Waals surface area contributed by atoms with Crippen LogP contribution in [0.2, 0.25) is 0 Å². The molecule has 0 amide bonds. The van der Waals surface area contributed by atoms with Crippen LogP contribution >= 0.6 is 0 Å². The standard InChI is InChI=1S/C38H48N2O17/c1-36-14-12-25(41)20-24(36)9-10-26-27-13-15-38(37(27,2)21-28(42)33(26)36,57-32(44)7-6-18-55-40(49)50)31(43)22-53-35(46)56-29-11-8-23(19-30(29)51-3)34(45)52-16-4-5-17-54-39(47)48/h8-9,11,19,26-28,33,42H,4-7,10,12-18,20-22H2,1-3H3/t26?,27?,28-,33+,36-,37-,38-/m0/s1. The summed E-state index contributed by atoms with van der Waals surface area (Å²) < 4.78 is 27.1. The summed E-state index contributed by atoms with van der Waals surface area (Å²) in [6.07, 6.45) is 2.64. The van der Waals surface area contributed by atoms with Gasteiger partial charge in [0.2, 0.25) is 5.78 Å². The molecule has 19 heteroatoms. The number of aliphatic hydroxyl groups is 1. The van der Waals surface area contributed by atoms with Crippen molar-refractivity contribution in [2.75, 3.05) is 33.5 Å². The Bertz CT molecular complexity index is 1780. The number of Topliss-reactive ketones (excluding diaryl/α,β-unsaturated/α-hetero) is 2. The first-order chi connectivity index (χ1) is 27.0. The van der Waals surface area contributed by atoms with E-state index in [1.54, 1.807) is 6.92 Å². The molecule has 0 bridgehead atoms. The van der Waals surface area contributed by atoms with Crippen molar-refractivity contribution in [2.24, 2.45) is 28.6 Å². The second kappa shape index (κ2) is 17.9. The number of ether oxygens (including phenoxy) is 5. The number of carbonyl (C=O) groups excluding carboxylic acids is 5. The maximum Gasteiger partial charge on any atom is 0.514 e. The summed E-state index contributed by atoms with van der Waals surface area (Å²) in [5.41, 5.74) is -2.27. The second-order valence-electron chi connectivity index (χ2n) is 15.4. The zero-order chi connectivity index (χ0) is 41.5. The molecule has 3 fully saturated rings. The SMILES string of the molecule is COc1cc(C(=O)OCCCCO[N+](=O)[O-])ccc1OC(=O)OCC(=O)[C@@]1(OC(=O)CCCO[N+](=O)[O-])CCC2C3CC=C4CC(=O)CC[C@]4(C)[C@H]3[C@@H](O)C[C@@]21C. The highest BCUT2D eigenvalue weighted by Gasteiger charge is 2.70. The van der Waals surface area contributed by atoms with E-state index in [0.29, 0.717) is 38.5 Å². The van der Waals surface area contributed by atoms with Crippen molar-refractivity contribution in [1.29, 1.82) is 0 Å².